The Bertz CT molecular complexity index is 588. The van der Waals surface area contributed by atoms with Gasteiger partial charge in [-0.15, -0.1) is 0 Å². The molecule has 21 heavy (non-hydrogen) atoms. The molecular formula is C13H18ClNO5S. The highest BCUT2D eigenvalue weighted by Gasteiger charge is 2.19. The zero-order chi connectivity index (χ0) is 15.9. The van der Waals surface area contributed by atoms with Gasteiger partial charge in [-0.1, -0.05) is 11.6 Å². The number of carbonyl (C=O) groups is 1. The third kappa shape index (κ3) is 5.28. The molecule has 0 aromatic heterocycles. The smallest absolute Gasteiger partial charge is 0.337 e. The number of hydrogen-bond donors (Lipinski definition) is 2. The van der Waals surface area contributed by atoms with Crippen LogP contribution in [0.3, 0.4) is 0 Å². The molecule has 6 nitrogen and oxygen atoms in total. The van der Waals surface area contributed by atoms with Crippen LogP contribution in [0.1, 0.15) is 29.6 Å². The van der Waals surface area contributed by atoms with E-state index in [9.17, 15) is 13.2 Å². The van der Waals surface area contributed by atoms with E-state index in [-0.39, 0.29) is 28.6 Å². The van der Waals surface area contributed by atoms with Crippen LogP contribution in [0.25, 0.3) is 0 Å². The number of benzene rings is 1. The summed E-state index contributed by atoms with van der Waals surface area (Å²) < 4.78 is 31.3. The molecule has 0 amide bonds. The highest BCUT2D eigenvalue weighted by atomic mass is 35.5. The summed E-state index contributed by atoms with van der Waals surface area (Å²) >= 11 is 5.89. The number of hydrogen-bond acceptors (Lipinski definition) is 5. The Kier molecular flexibility index (Phi) is 7.10. The van der Waals surface area contributed by atoms with Crippen LogP contribution in [0.2, 0.25) is 5.02 Å². The fraction of sp³-hybridized carbons (Fsp3) is 0.462. The molecule has 8 heteroatoms. The van der Waals surface area contributed by atoms with Crippen molar-refractivity contribution in [3.05, 3.63) is 28.8 Å². The SMILES string of the molecule is COC(=O)c1ccc(Cl)c(S(=O)(=O)NCCCCCO)c1. The molecule has 0 unspecified atom stereocenters. The number of esters is 1. The third-order valence-electron chi connectivity index (χ3n) is 2.77. The number of unbranched alkanes of at least 4 members (excludes halogenated alkanes) is 2. The fourth-order valence-electron chi connectivity index (χ4n) is 1.65. The average Bonchev–Trinajstić information content (AvgIpc) is 2.46. The maximum atomic E-state index is 12.2. The van der Waals surface area contributed by atoms with Crippen LogP contribution in [0.5, 0.6) is 0 Å². The lowest BCUT2D eigenvalue weighted by Crippen LogP contribution is -2.25. The van der Waals surface area contributed by atoms with Crippen molar-refractivity contribution in [3.8, 4) is 0 Å². The monoisotopic (exact) mass is 335 g/mol. The van der Waals surface area contributed by atoms with Gasteiger partial charge in [-0.3, -0.25) is 0 Å². The average molecular weight is 336 g/mol. The summed E-state index contributed by atoms with van der Waals surface area (Å²) in [7, 11) is -2.58. The largest absolute Gasteiger partial charge is 0.465 e. The van der Waals surface area contributed by atoms with Crippen molar-refractivity contribution in [2.45, 2.75) is 24.2 Å². The van der Waals surface area contributed by atoms with Gasteiger partial charge in [0, 0.05) is 13.2 Å². The van der Waals surface area contributed by atoms with Gasteiger partial charge in [-0.2, -0.15) is 0 Å². The summed E-state index contributed by atoms with van der Waals surface area (Å²) in [6.07, 6.45) is 1.95. The van der Waals surface area contributed by atoms with Crippen LogP contribution in [-0.4, -0.2) is 39.8 Å². The number of carbonyl (C=O) groups excluding carboxylic acids is 1. The second-order valence-electron chi connectivity index (χ2n) is 4.32. The maximum Gasteiger partial charge on any atom is 0.337 e. The molecule has 0 atom stereocenters. The lowest BCUT2D eigenvalue weighted by Gasteiger charge is -2.09. The number of sulfonamides is 1. The van der Waals surface area contributed by atoms with Crippen LogP contribution in [0.15, 0.2) is 23.1 Å². The van der Waals surface area contributed by atoms with Gasteiger partial charge < -0.3 is 9.84 Å². The Morgan fingerprint density at radius 1 is 1.33 bits per heavy atom. The number of halogens is 1. The molecule has 1 aromatic carbocycles. The molecule has 1 rings (SSSR count). The third-order valence-corrected chi connectivity index (χ3v) is 4.71. The first-order chi connectivity index (χ1) is 9.92. The quantitative estimate of drug-likeness (QED) is 0.555. The molecule has 0 aliphatic carbocycles. The van der Waals surface area contributed by atoms with E-state index in [1.165, 1.54) is 25.3 Å². The topological polar surface area (TPSA) is 92.7 Å². The van der Waals surface area contributed by atoms with E-state index < -0.39 is 16.0 Å². The Morgan fingerprint density at radius 2 is 2.05 bits per heavy atom. The molecule has 0 saturated heterocycles. The van der Waals surface area contributed by atoms with E-state index in [0.717, 1.165) is 6.42 Å². The van der Waals surface area contributed by atoms with Gasteiger partial charge in [0.1, 0.15) is 4.90 Å². The Hall–Kier alpha value is -1.15. The van der Waals surface area contributed by atoms with Crippen molar-refractivity contribution in [1.82, 2.24) is 4.72 Å². The molecule has 0 aliphatic rings. The zero-order valence-electron chi connectivity index (χ0n) is 11.6. The first-order valence-electron chi connectivity index (χ1n) is 6.40. The first-order valence-corrected chi connectivity index (χ1v) is 8.27. The Labute approximate surface area is 129 Å². The van der Waals surface area contributed by atoms with Crippen LogP contribution in [0, 0.1) is 0 Å². The van der Waals surface area contributed by atoms with E-state index in [1.807, 2.05) is 0 Å². The summed E-state index contributed by atoms with van der Waals surface area (Å²) in [6.45, 7) is 0.320. The molecular weight excluding hydrogens is 318 g/mol. The van der Waals surface area contributed by atoms with E-state index in [1.54, 1.807) is 0 Å². The van der Waals surface area contributed by atoms with Crippen LogP contribution in [0.4, 0.5) is 0 Å². The van der Waals surface area contributed by atoms with Crippen molar-refractivity contribution in [2.75, 3.05) is 20.3 Å². The normalized spacial score (nSPS) is 11.4. The standard InChI is InChI=1S/C13H18ClNO5S/c1-20-13(17)10-5-6-11(14)12(9-10)21(18,19)15-7-3-2-4-8-16/h5-6,9,15-16H,2-4,7-8H2,1H3. The van der Waals surface area contributed by atoms with E-state index in [4.69, 9.17) is 16.7 Å². The minimum absolute atomic E-state index is 0.0329. The number of rotatable bonds is 8. The summed E-state index contributed by atoms with van der Waals surface area (Å²) in [5, 5.41) is 8.68. The predicted molar refractivity (Wildman–Crippen MR) is 78.9 cm³/mol. The van der Waals surface area contributed by atoms with Crippen molar-refractivity contribution >= 4 is 27.6 Å². The van der Waals surface area contributed by atoms with Crippen molar-refractivity contribution < 1.29 is 23.1 Å². The second kappa shape index (κ2) is 8.33. The van der Waals surface area contributed by atoms with Crippen molar-refractivity contribution in [1.29, 1.82) is 0 Å². The molecule has 0 spiro atoms. The van der Waals surface area contributed by atoms with Gasteiger partial charge in [-0.05, 0) is 37.5 Å². The molecule has 0 heterocycles. The lowest BCUT2D eigenvalue weighted by molar-refractivity contribution is 0.0600. The molecule has 0 saturated carbocycles. The zero-order valence-corrected chi connectivity index (χ0v) is 13.2. The molecule has 0 bridgehead atoms. The van der Waals surface area contributed by atoms with Crippen molar-refractivity contribution in [3.63, 3.8) is 0 Å². The van der Waals surface area contributed by atoms with Gasteiger partial charge in [0.15, 0.2) is 0 Å². The maximum absolute atomic E-state index is 12.2. The summed E-state index contributed by atoms with van der Waals surface area (Å²) in [4.78, 5) is 11.3. The molecule has 0 radical (unpaired) electrons. The van der Waals surface area contributed by atoms with Crippen LogP contribution < -0.4 is 4.72 Å². The van der Waals surface area contributed by atoms with Crippen LogP contribution >= 0.6 is 11.6 Å². The lowest BCUT2D eigenvalue weighted by atomic mass is 10.2. The number of methoxy groups -OCH3 is 1. The predicted octanol–water partition coefficient (Wildman–Crippen LogP) is 1.57. The van der Waals surface area contributed by atoms with E-state index >= 15 is 0 Å². The van der Waals surface area contributed by atoms with Gasteiger partial charge in [0.05, 0.1) is 17.7 Å². The Balaban J connectivity index is 2.84. The summed E-state index contributed by atoms with van der Waals surface area (Å²) in [6, 6.07) is 3.92. The van der Waals surface area contributed by atoms with Gasteiger partial charge in [0.25, 0.3) is 0 Å². The van der Waals surface area contributed by atoms with Crippen LogP contribution in [-0.2, 0) is 14.8 Å². The van der Waals surface area contributed by atoms with E-state index in [2.05, 4.69) is 9.46 Å². The molecule has 118 valence electrons. The number of aliphatic hydroxyl groups excluding tert-OH is 1. The van der Waals surface area contributed by atoms with Gasteiger partial charge in [-0.25, -0.2) is 17.9 Å². The minimum atomic E-state index is -3.79. The highest BCUT2D eigenvalue weighted by Crippen LogP contribution is 2.23. The highest BCUT2D eigenvalue weighted by molar-refractivity contribution is 7.89. The van der Waals surface area contributed by atoms with Gasteiger partial charge in [0.2, 0.25) is 10.0 Å². The molecule has 0 fully saturated rings. The number of nitrogens with one attached hydrogen (secondary N) is 1. The first kappa shape index (κ1) is 17.9. The van der Waals surface area contributed by atoms with Crippen molar-refractivity contribution in [2.24, 2.45) is 0 Å². The summed E-state index contributed by atoms with van der Waals surface area (Å²) in [5.74, 6) is -0.633. The fourth-order valence-corrected chi connectivity index (χ4v) is 3.25. The molecule has 1 aromatic rings. The second-order valence-corrected chi connectivity index (χ2v) is 6.46. The number of aliphatic hydroxyl groups is 1. The Morgan fingerprint density at radius 3 is 2.67 bits per heavy atom. The van der Waals surface area contributed by atoms with E-state index in [0.29, 0.717) is 12.8 Å². The molecule has 2 N–H and O–H groups in total. The minimum Gasteiger partial charge on any atom is -0.465 e. The molecule has 0 aliphatic heterocycles. The van der Waals surface area contributed by atoms with Gasteiger partial charge >= 0.3 is 5.97 Å². The summed E-state index contributed by atoms with van der Waals surface area (Å²) in [5.41, 5.74) is 0.113. The number of ether oxygens (including phenoxy) is 1.